The van der Waals surface area contributed by atoms with Gasteiger partial charge in [-0.3, -0.25) is 0 Å². The van der Waals surface area contributed by atoms with E-state index in [0.29, 0.717) is 0 Å². The third-order valence-electron chi connectivity index (χ3n) is 2.59. The fourth-order valence-corrected chi connectivity index (χ4v) is 2.74. The summed E-state index contributed by atoms with van der Waals surface area (Å²) in [5.74, 6) is 0. The van der Waals surface area contributed by atoms with Gasteiger partial charge in [0.05, 0.1) is 0 Å². The molecule has 0 amide bonds. The molecule has 0 unspecified atom stereocenters. The Bertz CT molecular complexity index is 365. The van der Waals surface area contributed by atoms with E-state index in [9.17, 15) is 4.80 Å². The Kier molecular flexibility index (Phi) is 5.58. The number of hydrogen-bond donors (Lipinski definition) is 1. The first kappa shape index (κ1) is 13.3. The van der Waals surface area contributed by atoms with Crippen LogP contribution >= 0.6 is 0 Å². The number of hydrogen-bond acceptors (Lipinski definition) is 1. The average molecular weight is 222 g/mol. The van der Waals surface area contributed by atoms with Gasteiger partial charge in [-0.1, -0.05) is 60.7 Å². The maximum atomic E-state index is 9.57. The van der Waals surface area contributed by atoms with Gasteiger partial charge >= 0.3 is 18.9 Å². The fourth-order valence-electron chi connectivity index (χ4n) is 1.77. The molecule has 3 heteroatoms. The van der Waals surface area contributed by atoms with Crippen molar-refractivity contribution >= 4 is 28.6 Å². The van der Waals surface area contributed by atoms with E-state index in [1.807, 2.05) is 36.4 Å². The molecule has 0 heterocycles. The molecule has 0 bridgehead atoms. The van der Waals surface area contributed by atoms with E-state index in [1.165, 1.54) is 11.1 Å². The van der Waals surface area contributed by atoms with E-state index in [2.05, 4.69) is 24.3 Å². The second kappa shape index (κ2) is 6.72. The van der Waals surface area contributed by atoms with Gasteiger partial charge in [-0.05, 0) is 11.1 Å². The summed E-state index contributed by atoms with van der Waals surface area (Å²) < 4.78 is 0. The molecule has 1 nitrogen and oxygen atoms in total. The van der Waals surface area contributed by atoms with Crippen molar-refractivity contribution in [1.29, 1.82) is 0 Å². The van der Waals surface area contributed by atoms with Crippen molar-refractivity contribution in [2.75, 3.05) is 0 Å². The molecule has 0 aliphatic rings. The molecule has 0 radical (unpaired) electrons. The molecule has 2 rings (SSSR count). The molecular formula is C13H15LiOSi. The molecule has 0 fully saturated rings. The molecule has 2 aromatic carbocycles. The Morgan fingerprint density at radius 3 is 1.44 bits per heavy atom. The average Bonchev–Trinajstić information content (AvgIpc) is 2.33. The second-order valence-corrected chi connectivity index (χ2v) is 4.74. The molecule has 1 N–H and O–H groups in total. The summed E-state index contributed by atoms with van der Waals surface area (Å²) in [5, 5.41) is 0. The first-order chi connectivity index (χ1) is 7.42. The van der Waals surface area contributed by atoms with Crippen molar-refractivity contribution in [3.05, 3.63) is 71.8 Å². The molecule has 0 spiro atoms. The SMILES string of the molecule is O[SiH2]C(c1ccccc1)c1ccccc1.[LiH]. The standard InChI is InChI=1S/C13H14OSi.Li.H/c14-15-13(11-7-3-1-4-8-11)12-9-5-2-6-10-12;;/h1-10,13-14H,15H2;;. The molecule has 16 heavy (non-hydrogen) atoms. The van der Waals surface area contributed by atoms with Crippen LogP contribution < -0.4 is 0 Å². The van der Waals surface area contributed by atoms with E-state index >= 15 is 0 Å². The van der Waals surface area contributed by atoms with E-state index in [-0.39, 0.29) is 24.4 Å². The normalized spacial score (nSPS) is 10.6. The predicted molar refractivity (Wildman–Crippen MR) is 72.6 cm³/mol. The summed E-state index contributed by atoms with van der Waals surface area (Å²) in [6, 6.07) is 20.4. The number of rotatable bonds is 3. The van der Waals surface area contributed by atoms with Crippen molar-refractivity contribution < 1.29 is 4.80 Å². The van der Waals surface area contributed by atoms with E-state index in [0.717, 1.165) is 0 Å². The van der Waals surface area contributed by atoms with E-state index in [1.54, 1.807) is 0 Å². The van der Waals surface area contributed by atoms with Gasteiger partial charge in [-0.15, -0.1) is 0 Å². The van der Waals surface area contributed by atoms with Crippen LogP contribution in [0.5, 0.6) is 0 Å². The van der Waals surface area contributed by atoms with Crippen LogP contribution in [0.15, 0.2) is 60.7 Å². The summed E-state index contributed by atoms with van der Waals surface area (Å²) in [4.78, 5) is 9.57. The molecule has 2 aromatic rings. The van der Waals surface area contributed by atoms with Gasteiger partial charge in [0.1, 0.15) is 0 Å². The van der Waals surface area contributed by atoms with Crippen LogP contribution in [0.2, 0.25) is 0 Å². The topological polar surface area (TPSA) is 20.2 Å². The summed E-state index contributed by atoms with van der Waals surface area (Å²) in [6.07, 6.45) is 0. The monoisotopic (exact) mass is 222 g/mol. The van der Waals surface area contributed by atoms with Crippen LogP contribution in [0, 0.1) is 0 Å². The quantitative estimate of drug-likeness (QED) is 0.774. The maximum absolute atomic E-state index is 9.57. The fraction of sp³-hybridized carbons (Fsp3) is 0.0769. The molecular weight excluding hydrogens is 207 g/mol. The van der Waals surface area contributed by atoms with Gasteiger partial charge in [0.2, 0.25) is 0 Å². The first-order valence-electron chi connectivity index (χ1n) is 5.12. The second-order valence-electron chi connectivity index (χ2n) is 3.56. The van der Waals surface area contributed by atoms with Crippen molar-refractivity contribution in [2.45, 2.75) is 5.54 Å². The van der Waals surface area contributed by atoms with Crippen LogP contribution in [-0.2, 0) is 0 Å². The van der Waals surface area contributed by atoms with Crippen LogP contribution in [0.1, 0.15) is 16.7 Å². The number of benzene rings is 2. The Morgan fingerprint density at radius 1 is 0.750 bits per heavy atom. The zero-order valence-corrected chi connectivity index (χ0v) is 9.92. The molecule has 0 aromatic heterocycles. The van der Waals surface area contributed by atoms with Gasteiger partial charge in [-0.2, -0.15) is 0 Å². The minimum absolute atomic E-state index is 0. The molecule has 0 saturated heterocycles. The first-order valence-corrected chi connectivity index (χ1v) is 6.57. The Labute approximate surface area is 111 Å². The third kappa shape index (κ3) is 3.10. The molecule has 78 valence electrons. The molecule has 0 atom stereocenters. The molecule has 0 saturated carbocycles. The summed E-state index contributed by atoms with van der Waals surface area (Å²) in [5.41, 5.74) is 2.67. The van der Waals surface area contributed by atoms with E-state index < -0.39 is 9.76 Å². The van der Waals surface area contributed by atoms with Crippen molar-refractivity contribution in [3.63, 3.8) is 0 Å². The van der Waals surface area contributed by atoms with E-state index in [4.69, 9.17) is 0 Å². The summed E-state index contributed by atoms with van der Waals surface area (Å²) >= 11 is 0. The zero-order valence-electron chi connectivity index (χ0n) is 8.51. The predicted octanol–water partition coefficient (Wildman–Crippen LogP) is 1.20. The third-order valence-corrected chi connectivity index (χ3v) is 3.89. The van der Waals surface area contributed by atoms with Crippen molar-refractivity contribution in [2.24, 2.45) is 0 Å². The van der Waals surface area contributed by atoms with Crippen molar-refractivity contribution in [3.8, 4) is 0 Å². The summed E-state index contributed by atoms with van der Waals surface area (Å²) in [6.45, 7) is 0. The van der Waals surface area contributed by atoms with Gasteiger partial charge < -0.3 is 4.80 Å². The zero-order chi connectivity index (χ0) is 10.5. The van der Waals surface area contributed by atoms with Gasteiger partial charge in [-0.25, -0.2) is 0 Å². The van der Waals surface area contributed by atoms with Gasteiger partial charge in [0, 0.05) is 5.54 Å². The van der Waals surface area contributed by atoms with Crippen LogP contribution in [-0.4, -0.2) is 33.4 Å². The summed E-state index contributed by atoms with van der Waals surface area (Å²) in [7, 11) is -1.07. The van der Waals surface area contributed by atoms with Crippen molar-refractivity contribution in [1.82, 2.24) is 0 Å². The Morgan fingerprint density at radius 2 is 1.12 bits per heavy atom. The Balaban J connectivity index is 0.00000128. The van der Waals surface area contributed by atoms with Crippen LogP contribution in [0.4, 0.5) is 0 Å². The molecule has 0 aliphatic heterocycles. The van der Waals surface area contributed by atoms with Crippen LogP contribution in [0.25, 0.3) is 0 Å². The van der Waals surface area contributed by atoms with Gasteiger partial charge in [0.25, 0.3) is 0 Å². The van der Waals surface area contributed by atoms with Crippen LogP contribution in [0.3, 0.4) is 0 Å². The minimum atomic E-state index is -1.07. The van der Waals surface area contributed by atoms with Gasteiger partial charge in [0.15, 0.2) is 9.76 Å². The molecule has 0 aliphatic carbocycles. The Hall–Kier alpha value is -0.786.